The molecule has 0 unspecified atom stereocenters. The van der Waals surface area contributed by atoms with E-state index < -0.39 is 132 Å². The molecule has 568 valence electrons. The fraction of sp³-hybridized carbons (Fsp3) is 0.592. The Morgan fingerprint density at radius 2 is 1.22 bits per heavy atom. The molecule has 7 heterocycles. The molecule has 0 saturated carbocycles. The van der Waals surface area contributed by atoms with Gasteiger partial charge in [-0.2, -0.15) is 0 Å². The Hall–Kier alpha value is -7.45. The highest BCUT2D eigenvalue weighted by atomic mass is 19.1. The second-order valence-electron chi connectivity index (χ2n) is 29.7. The van der Waals surface area contributed by atoms with Crippen molar-refractivity contribution in [2.24, 2.45) is 17.8 Å². The molecule has 0 bridgehead atoms. The molecular formula is C76H104F2N10O16. The highest BCUT2D eigenvalue weighted by molar-refractivity contribution is 5.91. The molecule has 2 amide bonds. The van der Waals surface area contributed by atoms with Crippen LogP contribution in [0.3, 0.4) is 0 Å². The Morgan fingerprint density at radius 3 is 1.71 bits per heavy atom. The summed E-state index contributed by atoms with van der Waals surface area (Å²) in [7, 11) is 5.21. The van der Waals surface area contributed by atoms with Crippen LogP contribution < -0.4 is 9.80 Å². The van der Waals surface area contributed by atoms with Crippen molar-refractivity contribution in [1.82, 2.24) is 39.8 Å². The zero-order valence-electron chi connectivity index (χ0n) is 61.9. The summed E-state index contributed by atoms with van der Waals surface area (Å²) in [6.45, 7) is 21.6. The van der Waals surface area contributed by atoms with Crippen LogP contribution in [0.15, 0.2) is 110 Å². The smallest absolute Gasteiger partial charge is 0.414 e. The highest BCUT2D eigenvalue weighted by Gasteiger charge is 2.53. The predicted octanol–water partition coefficient (Wildman–Crippen LogP) is 8.57. The number of aliphatic hydroxyl groups is 5. The van der Waals surface area contributed by atoms with Crippen LogP contribution in [0.1, 0.15) is 113 Å². The van der Waals surface area contributed by atoms with E-state index in [2.05, 4.69) is 27.5 Å². The Kier molecular flexibility index (Phi) is 25.5. The summed E-state index contributed by atoms with van der Waals surface area (Å²) in [6, 6.07) is 23.6. The van der Waals surface area contributed by atoms with E-state index in [1.54, 1.807) is 101 Å². The largest absolute Gasteiger partial charge is 0.459 e. The van der Waals surface area contributed by atoms with Crippen molar-refractivity contribution >= 4 is 29.5 Å². The Labute approximate surface area is 607 Å². The molecule has 5 aliphatic heterocycles. The van der Waals surface area contributed by atoms with Gasteiger partial charge >= 0.3 is 18.2 Å². The van der Waals surface area contributed by atoms with E-state index >= 15 is 4.39 Å². The lowest BCUT2D eigenvalue weighted by molar-refractivity contribution is -0.318. The zero-order valence-corrected chi connectivity index (χ0v) is 61.9. The normalized spacial score (nSPS) is 33.4. The summed E-state index contributed by atoms with van der Waals surface area (Å²) in [5, 5.41) is 75.2. The first-order valence-corrected chi connectivity index (χ1v) is 36.0. The van der Waals surface area contributed by atoms with E-state index in [9.17, 15) is 44.3 Å². The number of cyclic esters (lactones) is 3. The van der Waals surface area contributed by atoms with Crippen LogP contribution in [0.4, 0.5) is 29.7 Å². The van der Waals surface area contributed by atoms with Gasteiger partial charge in [-0.3, -0.25) is 19.5 Å². The number of halogens is 2. The first-order valence-electron chi connectivity index (χ1n) is 36.0. The van der Waals surface area contributed by atoms with Crippen molar-refractivity contribution in [3.8, 4) is 22.3 Å². The molecule has 5 fully saturated rings. The van der Waals surface area contributed by atoms with Gasteiger partial charge in [-0.1, -0.05) is 86.7 Å². The number of esters is 1. The van der Waals surface area contributed by atoms with Gasteiger partial charge in [0.2, 0.25) is 0 Å². The van der Waals surface area contributed by atoms with E-state index in [0.717, 1.165) is 17.5 Å². The molecule has 0 spiro atoms. The summed E-state index contributed by atoms with van der Waals surface area (Å²) >= 11 is 0. The maximum atomic E-state index is 15.8. The fourth-order valence-corrected chi connectivity index (χ4v) is 15.3. The van der Waals surface area contributed by atoms with Crippen molar-refractivity contribution in [2.45, 2.75) is 230 Å². The molecule has 6 aromatic rings. The van der Waals surface area contributed by atoms with Crippen LogP contribution in [0.2, 0.25) is 0 Å². The molecular weight excluding hydrogens is 1350 g/mol. The zero-order chi connectivity index (χ0) is 75.3. The number of hydrogen-bond acceptors (Lipinski definition) is 22. The second kappa shape index (κ2) is 33.6. The van der Waals surface area contributed by atoms with Crippen molar-refractivity contribution < 1.29 is 86.6 Å². The molecule has 4 aromatic carbocycles. The maximum absolute atomic E-state index is 15.8. The first-order chi connectivity index (χ1) is 49.3. The summed E-state index contributed by atoms with van der Waals surface area (Å²) in [5.74, 6) is -3.77. The number of benzene rings is 4. The maximum Gasteiger partial charge on any atom is 0.414 e. The van der Waals surface area contributed by atoms with Gasteiger partial charge in [-0.05, 0) is 153 Å². The summed E-state index contributed by atoms with van der Waals surface area (Å²) in [6.07, 6.45) is -4.00. The Balaban J connectivity index is 0.000000356. The van der Waals surface area contributed by atoms with Gasteiger partial charge in [-0.15, -0.1) is 10.2 Å². The number of ether oxygens (including phenoxy) is 8. The van der Waals surface area contributed by atoms with Crippen molar-refractivity contribution in [2.75, 3.05) is 50.6 Å². The van der Waals surface area contributed by atoms with Crippen LogP contribution in [-0.4, -0.2) is 227 Å². The van der Waals surface area contributed by atoms with Gasteiger partial charge in [0.15, 0.2) is 12.6 Å². The number of rotatable bonds is 18. The second-order valence-corrected chi connectivity index (χ2v) is 29.7. The van der Waals surface area contributed by atoms with Crippen molar-refractivity contribution in [1.29, 1.82) is 0 Å². The Bertz CT molecular complexity index is 3800. The standard InChI is InChI=1S/C56H85FN6O14.C20H19FN4O2/c1-14-44-56(10,70)48(65)35(6)60(11)27-31(2)25-54(8,69)50(33(4)47(34(5)51(67)75-44)76-45-26-55(9,71-13)49(66)36(7)73-45)77-52-46(64)43(23-32(3)72-52)61(12)28-37-15-17-38(18-16-37)41-20-19-39(24-42(41)57)63-30-40(74-53(63)68)29-62-22-21-58-59-62;1-2-14-3-5-15(6-4-14)18-8-7-16(11-19(18)21)25-13-17(27-20(25)26)12-24-10-9-22-23-24/h15-22,24,31-36,40,43-50,52,64-66,69-70H,14,23,25-30H2,1-13H3;3-11,17H,2,12-13H2,1H3/t31-,32-,33+,34-,35-,36+,40+,43+,44-,45+,46-,47+,48-,49+,50-,52+,54-,55-,56-;17-/m10/s1. The lowest BCUT2D eigenvalue weighted by atomic mass is 9.77. The number of nitrogens with zero attached hydrogens (tertiary/aromatic N) is 10. The van der Waals surface area contributed by atoms with Crippen LogP contribution >= 0.6 is 0 Å². The van der Waals surface area contributed by atoms with Crippen LogP contribution in [-0.2, 0) is 68.7 Å². The van der Waals surface area contributed by atoms with Gasteiger partial charge in [0, 0.05) is 68.1 Å². The third-order valence-electron chi connectivity index (χ3n) is 21.5. The first kappa shape index (κ1) is 79.1. The molecule has 5 aliphatic rings. The van der Waals surface area contributed by atoms with Crippen molar-refractivity contribution in [3.05, 3.63) is 132 Å². The monoisotopic (exact) mass is 1450 g/mol. The van der Waals surface area contributed by atoms with Gasteiger partial charge in [0.1, 0.15) is 53.9 Å². The number of amides is 2. The molecule has 26 nitrogen and oxygen atoms in total. The van der Waals surface area contributed by atoms with Crippen LogP contribution in [0.5, 0.6) is 0 Å². The number of aliphatic hydroxyl groups excluding tert-OH is 3. The molecule has 0 radical (unpaired) electrons. The molecule has 11 rings (SSSR count). The third kappa shape index (κ3) is 18.1. The molecule has 0 aliphatic carbocycles. The summed E-state index contributed by atoms with van der Waals surface area (Å²) in [4.78, 5) is 46.2. The van der Waals surface area contributed by atoms with E-state index in [4.69, 9.17) is 37.9 Å². The lowest BCUT2D eigenvalue weighted by Crippen LogP contribution is -2.60. The van der Waals surface area contributed by atoms with Gasteiger partial charge < -0.3 is 68.3 Å². The van der Waals surface area contributed by atoms with Gasteiger partial charge in [-0.25, -0.2) is 27.7 Å². The molecule has 2 aromatic heterocycles. The number of anilines is 2. The molecule has 104 heavy (non-hydrogen) atoms. The van der Waals surface area contributed by atoms with Gasteiger partial charge in [0.25, 0.3) is 0 Å². The quantitative estimate of drug-likeness (QED) is 0.0397. The molecule has 28 heteroatoms. The minimum atomic E-state index is -1.86. The predicted molar refractivity (Wildman–Crippen MR) is 380 cm³/mol. The molecule has 5 N–H and O–H groups in total. The number of methoxy groups -OCH3 is 1. The number of carbonyl (C=O) groups excluding carboxylic acids is 3. The number of likely N-dealkylation sites (N-methyl/N-ethyl adjacent to an activating group) is 2. The highest BCUT2D eigenvalue weighted by Crippen LogP contribution is 2.42. The minimum Gasteiger partial charge on any atom is -0.459 e. The minimum absolute atomic E-state index is 0.0797. The summed E-state index contributed by atoms with van der Waals surface area (Å²) in [5.41, 5.74) is 0.636. The number of carbonyl (C=O) groups is 3. The van der Waals surface area contributed by atoms with Crippen LogP contribution in [0, 0.1) is 29.4 Å². The lowest BCUT2D eigenvalue weighted by Gasteiger charge is -2.49. The van der Waals surface area contributed by atoms with Gasteiger partial charge in [0.05, 0.1) is 91.5 Å². The SMILES string of the molecule is CC[C@H]1OC(=O)[C@H](C)[C@@H](O[C@H]2C[C@@](C)(OC)[C@@H](O)[C@H](C)O2)[C@H](C)[C@@H](O[C@@H]2O[C@H](C)C[C@H](N(C)Cc3ccc(-c4ccc(N5C[C@H](Cn6ccnn6)OC5=O)cc4F)cc3)[C@H]2O)[C@](C)(O)C[C@@H](C)CN(C)[C@H](C)[C@@H](O)[C@]1(C)O.CCc1ccc(-c2ccc(N3C[C@H](Cn4ccnn4)OC3=O)cc2F)cc1. The number of aryl methyl sites for hydroxylation is 1. The average Bonchev–Trinajstić information content (AvgIpc) is 1.21. The van der Waals surface area contributed by atoms with Crippen molar-refractivity contribution in [3.63, 3.8) is 0 Å². The summed E-state index contributed by atoms with van der Waals surface area (Å²) < 4.78 is 82.9. The average molecular weight is 1450 g/mol. The van der Waals surface area contributed by atoms with Crippen LogP contribution in [0.25, 0.3) is 22.3 Å². The van der Waals surface area contributed by atoms with E-state index in [-0.39, 0.29) is 43.6 Å². The van der Waals surface area contributed by atoms with E-state index in [1.807, 2.05) is 86.3 Å². The number of hydrogen-bond donors (Lipinski definition) is 5. The topological polar surface area (TPSA) is 301 Å². The fourth-order valence-electron chi connectivity index (χ4n) is 15.3. The Morgan fingerprint density at radius 1 is 0.683 bits per heavy atom. The van der Waals surface area contributed by atoms with E-state index in [1.165, 1.54) is 47.7 Å². The number of aromatic nitrogens is 6. The molecule has 20 atom stereocenters. The van der Waals surface area contributed by atoms with E-state index in [0.29, 0.717) is 67.2 Å². The molecule has 5 saturated heterocycles. The third-order valence-corrected chi connectivity index (χ3v) is 21.5.